The summed E-state index contributed by atoms with van der Waals surface area (Å²) in [7, 11) is 0. The van der Waals surface area contributed by atoms with Gasteiger partial charge in [-0.15, -0.1) is 11.3 Å². The molecule has 0 spiro atoms. The predicted octanol–water partition coefficient (Wildman–Crippen LogP) is 3.89. The summed E-state index contributed by atoms with van der Waals surface area (Å²) in [5, 5.41) is 12.3. The molecule has 3 heteroatoms. The Morgan fingerprint density at radius 3 is 2.94 bits per heavy atom. The molecule has 1 aliphatic carbocycles. The van der Waals surface area contributed by atoms with Gasteiger partial charge in [-0.2, -0.15) is 5.26 Å². The van der Waals surface area contributed by atoms with Crippen LogP contribution in [0.5, 0.6) is 0 Å². The molecule has 86 valence electrons. The van der Waals surface area contributed by atoms with E-state index in [1.54, 1.807) is 11.3 Å². The van der Waals surface area contributed by atoms with Gasteiger partial charge in [0.05, 0.1) is 22.7 Å². The van der Waals surface area contributed by atoms with Crippen molar-refractivity contribution < 1.29 is 0 Å². The Bertz CT molecular complexity index is 372. The molecular weight excluding hydrogens is 216 g/mol. The highest BCUT2D eigenvalue weighted by molar-refractivity contribution is 7.09. The Morgan fingerprint density at radius 1 is 1.56 bits per heavy atom. The van der Waals surface area contributed by atoms with Gasteiger partial charge in [0.2, 0.25) is 0 Å². The average Bonchev–Trinajstić information content (AvgIpc) is 2.96. The molecule has 0 radical (unpaired) electrons. The van der Waals surface area contributed by atoms with Gasteiger partial charge in [0.1, 0.15) is 0 Å². The fourth-order valence-corrected chi connectivity index (χ4v) is 3.28. The number of rotatable bonds is 4. The third kappa shape index (κ3) is 2.62. The van der Waals surface area contributed by atoms with Gasteiger partial charge >= 0.3 is 0 Å². The molecule has 0 amide bonds. The number of thiazole rings is 1. The molecule has 1 aliphatic rings. The van der Waals surface area contributed by atoms with Crippen molar-refractivity contribution in [2.75, 3.05) is 0 Å². The standard InChI is InChI=1S/C13H18N2S/c1-2-10(8-14)7-13-15-12(9-16-13)11-5-3-4-6-11/h9-11H,2-7H2,1H3. The highest BCUT2D eigenvalue weighted by Gasteiger charge is 2.20. The van der Waals surface area contributed by atoms with E-state index in [0.717, 1.165) is 17.8 Å². The van der Waals surface area contributed by atoms with Crippen molar-refractivity contribution in [1.29, 1.82) is 5.26 Å². The topological polar surface area (TPSA) is 36.7 Å². The molecule has 0 aromatic carbocycles. The van der Waals surface area contributed by atoms with Gasteiger partial charge in [-0.1, -0.05) is 19.8 Å². The maximum Gasteiger partial charge on any atom is 0.0941 e. The third-order valence-electron chi connectivity index (χ3n) is 3.44. The van der Waals surface area contributed by atoms with Crippen LogP contribution in [0, 0.1) is 17.2 Å². The van der Waals surface area contributed by atoms with E-state index in [4.69, 9.17) is 10.2 Å². The van der Waals surface area contributed by atoms with E-state index in [9.17, 15) is 0 Å². The van der Waals surface area contributed by atoms with Crippen LogP contribution >= 0.6 is 11.3 Å². The van der Waals surface area contributed by atoms with Gasteiger partial charge in [0.25, 0.3) is 0 Å². The maximum absolute atomic E-state index is 8.93. The van der Waals surface area contributed by atoms with Gasteiger partial charge in [0, 0.05) is 17.7 Å². The smallest absolute Gasteiger partial charge is 0.0941 e. The minimum absolute atomic E-state index is 0.141. The highest BCUT2D eigenvalue weighted by atomic mass is 32.1. The number of hydrogen-bond acceptors (Lipinski definition) is 3. The second-order valence-corrected chi connectivity index (χ2v) is 5.53. The lowest BCUT2D eigenvalue weighted by molar-refractivity contribution is 0.629. The minimum Gasteiger partial charge on any atom is -0.246 e. The first-order valence-corrected chi connectivity index (χ1v) is 7.05. The first-order valence-electron chi connectivity index (χ1n) is 6.17. The largest absolute Gasteiger partial charge is 0.246 e. The van der Waals surface area contributed by atoms with Crippen molar-refractivity contribution in [2.45, 2.75) is 51.4 Å². The molecule has 0 N–H and O–H groups in total. The second kappa shape index (κ2) is 5.45. The molecular formula is C13H18N2S. The van der Waals surface area contributed by atoms with Crippen molar-refractivity contribution in [2.24, 2.45) is 5.92 Å². The summed E-state index contributed by atoms with van der Waals surface area (Å²) in [6, 6.07) is 2.35. The second-order valence-electron chi connectivity index (χ2n) is 4.59. The van der Waals surface area contributed by atoms with Crippen LogP contribution in [0.2, 0.25) is 0 Å². The molecule has 1 aromatic heterocycles. The Hall–Kier alpha value is -0.880. The van der Waals surface area contributed by atoms with Crippen LogP contribution in [0.15, 0.2) is 5.38 Å². The Kier molecular flexibility index (Phi) is 3.95. The van der Waals surface area contributed by atoms with Crippen LogP contribution in [0.4, 0.5) is 0 Å². The first-order chi connectivity index (χ1) is 7.83. The first kappa shape index (κ1) is 11.6. The summed E-state index contributed by atoms with van der Waals surface area (Å²) in [5.74, 6) is 0.842. The molecule has 1 unspecified atom stereocenters. The molecule has 16 heavy (non-hydrogen) atoms. The van der Waals surface area contributed by atoms with Crippen molar-refractivity contribution in [3.8, 4) is 6.07 Å². The molecule has 1 saturated carbocycles. The van der Waals surface area contributed by atoms with Gasteiger partial charge in [-0.25, -0.2) is 4.98 Å². The lowest BCUT2D eigenvalue weighted by Gasteiger charge is -2.04. The highest BCUT2D eigenvalue weighted by Crippen LogP contribution is 2.34. The average molecular weight is 234 g/mol. The maximum atomic E-state index is 8.93. The minimum atomic E-state index is 0.141. The Balaban J connectivity index is 1.99. The number of hydrogen-bond donors (Lipinski definition) is 0. The van der Waals surface area contributed by atoms with E-state index in [1.165, 1.54) is 31.4 Å². The van der Waals surface area contributed by atoms with E-state index in [2.05, 4.69) is 18.4 Å². The molecule has 1 aromatic rings. The zero-order chi connectivity index (χ0) is 11.4. The number of aromatic nitrogens is 1. The van der Waals surface area contributed by atoms with E-state index < -0.39 is 0 Å². The van der Waals surface area contributed by atoms with Crippen LogP contribution < -0.4 is 0 Å². The number of nitriles is 1. The van der Waals surface area contributed by atoms with Crippen molar-refractivity contribution in [3.63, 3.8) is 0 Å². The molecule has 0 bridgehead atoms. The van der Waals surface area contributed by atoms with Crippen LogP contribution in [-0.4, -0.2) is 4.98 Å². The van der Waals surface area contributed by atoms with E-state index in [1.807, 2.05) is 0 Å². The van der Waals surface area contributed by atoms with E-state index in [0.29, 0.717) is 5.92 Å². The summed E-state index contributed by atoms with van der Waals surface area (Å²) in [6.07, 6.45) is 7.08. The SMILES string of the molecule is CCC(C#N)Cc1nc(C2CCCC2)cs1. The van der Waals surface area contributed by atoms with E-state index >= 15 is 0 Å². The van der Waals surface area contributed by atoms with Gasteiger partial charge in [-0.3, -0.25) is 0 Å². The molecule has 1 heterocycles. The zero-order valence-corrected chi connectivity index (χ0v) is 10.6. The zero-order valence-electron chi connectivity index (χ0n) is 9.78. The summed E-state index contributed by atoms with van der Waals surface area (Å²) in [6.45, 7) is 2.07. The lowest BCUT2D eigenvalue weighted by Crippen LogP contribution is -2.00. The lowest BCUT2D eigenvalue weighted by atomic mass is 10.0. The molecule has 0 saturated heterocycles. The molecule has 1 atom stereocenters. The fraction of sp³-hybridized carbons (Fsp3) is 0.692. The van der Waals surface area contributed by atoms with Crippen molar-refractivity contribution >= 4 is 11.3 Å². The quantitative estimate of drug-likeness (QED) is 0.792. The Labute approximate surface area is 101 Å². The third-order valence-corrected chi connectivity index (χ3v) is 4.33. The molecule has 1 fully saturated rings. The van der Waals surface area contributed by atoms with Gasteiger partial charge < -0.3 is 0 Å². The van der Waals surface area contributed by atoms with Crippen LogP contribution in [0.3, 0.4) is 0 Å². The normalized spacial score (nSPS) is 18.5. The monoisotopic (exact) mass is 234 g/mol. The fourth-order valence-electron chi connectivity index (χ4n) is 2.32. The van der Waals surface area contributed by atoms with E-state index in [-0.39, 0.29) is 5.92 Å². The van der Waals surface area contributed by atoms with Gasteiger partial charge in [-0.05, 0) is 19.3 Å². The summed E-state index contributed by atoms with van der Waals surface area (Å²) in [5.41, 5.74) is 1.28. The van der Waals surface area contributed by atoms with Crippen LogP contribution in [-0.2, 0) is 6.42 Å². The van der Waals surface area contributed by atoms with Crippen molar-refractivity contribution in [1.82, 2.24) is 4.98 Å². The molecule has 2 nitrogen and oxygen atoms in total. The molecule has 0 aliphatic heterocycles. The summed E-state index contributed by atoms with van der Waals surface area (Å²) in [4.78, 5) is 4.70. The summed E-state index contributed by atoms with van der Waals surface area (Å²) >= 11 is 1.73. The van der Waals surface area contributed by atoms with Crippen LogP contribution in [0.1, 0.15) is 55.6 Å². The summed E-state index contributed by atoms with van der Waals surface area (Å²) < 4.78 is 0. The van der Waals surface area contributed by atoms with Crippen LogP contribution in [0.25, 0.3) is 0 Å². The Morgan fingerprint density at radius 2 is 2.31 bits per heavy atom. The number of nitrogens with zero attached hydrogens (tertiary/aromatic N) is 2. The van der Waals surface area contributed by atoms with Gasteiger partial charge in [0.15, 0.2) is 0 Å². The molecule has 2 rings (SSSR count). The predicted molar refractivity (Wildman–Crippen MR) is 66.4 cm³/mol. The van der Waals surface area contributed by atoms with Crippen molar-refractivity contribution in [3.05, 3.63) is 16.1 Å².